The first-order valence-corrected chi connectivity index (χ1v) is 5.27. The molecular weight excluding hydrogens is 236 g/mol. The van der Waals surface area contributed by atoms with Crippen molar-refractivity contribution in [3.05, 3.63) is 65.2 Å². The first-order chi connectivity index (χ1) is 8.72. The molecule has 0 amide bonds. The van der Waals surface area contributed by atoms with Gasteiger partial charge in [-0.1, -0.05) is 24.3 Å². The standard InChI is InChI=1S/C14H9F2NO/c15-12-6-3-5-11(14(12)16)9-18-13-7-2-1-4-10(13)8-17/h1-7H,9H2. The number of nitriles is 1. The number of halogens is 2. The van der Waals surface area contributed by atoms with Crippen molar-refractivity contribution in [2.24, 2.45) is 0 Å². The Morgan fingerprint density at radius 3 is 2.61 bits per heavy atom. The Kier molecular flexibility index (Phi) is 3.54. The summed E-state index contributed by atoms with van der Waals surface area (Å²) in [5, 5.41) is 8.85. The number of nitrogens with zero attached hydrogens (tertiary/aromatic N) is 1. The molecule has 0 aromatic heterocycles. The Bertz CT molecular complexity index is 605. The second kappa shape index (κ2) is 5.28. The molecule has 0 fully saturated rings. The van der Waals surface area contributed by atoms with Crippen molar-refractivity contribution in [3.63, 3.8) is 0 Å². The minimum atomic E-state index is -0.924. The lowest BCUT2D eigenvalue weighted by Gasteiger charge is -2.08. The molecule has 0 heterocycles. The van der Waals surface area contributed by atoms with Crippen molar-refractivity contribution in [2.45, 2.75) is 6.61 Å². The van der Waals surface area contributed by atoms with Gasteiger partial charge in [0.2, 0.25) is 0 Å². The maximum absolute atomic E-state index is 13.4. The van der Waals surface area contributed by atoms with Gasteiger partial charge in [-0.25, -0.2) is 8.78 Å². The molecule has 2 aromatic rings. The second-order valence-corrected chi connectivity index (χ2v) is 3.61. The predicted molar refractivity (Wildman–Crippen MR) is 61.8 cm³/mol. The van der Waals surface area contributed by atoms with Gasteiger partial charge in [0.05, 0.1) is 5.56 Å². The summed E-state index contributed by atoms with van der Waals surface area (Å²) in [6.45, 7) is -0.123. The van der Waals surface area contributed by atoms with Crippen LogP contribution in [-0.4, -0.2) is 0 Å². The van der Waals surface area contributed by atoms with Gasteiger partial charge in [0.25, 0.3) is 0 Å². The third-order valence-electron chi connectivity index (χ3n) is 2.42. The molecule has 0 atom stereocenters. The van der Waals surface area contributed by atoms with E-state index in [4.69, 9.17) is 10.00 Å². The zero-order valence-electron chi connectivity index (χ0n) is 9.36. The Hall–Kier alpha value is -2.41. The third-order valence-corrected chi connectivity index (χ3v) is 2.42. The number of hydrogen-bond acceptors (Lipinski definition) is 2. The smallest absolute Gasteiger partial charge is 0.165 e. The number of benzene rings is 2. The largest absolute Gasteiger partial charge is 0.487 e. The Morgan fingerprint density at radius 1 is 1.06 bits per heavy atom. The van der Waals surface area contributed by atoms with Gasteiger partial charge in [-0.05, 0) is 18.2 Å². The average molecular weight is 245 g/mol. The first-order valence-electron chi connectivity index (χ1n) is 5.27. The fraction of sp³-hybridized carbons (Fsp3) is 0.0714. The molecule has 0 N–H and O–H groups in total. The Morgan fingerprint density at radius 2 is 1.83 bits per heavy atom. The van der Waals surface area contributed by atoms with E-state index in [2.05, 4.69) is 0 Å². The molecule has 0 aliphatic heterocycles. The van der Waals surface area contributed by atoms with Crippen molar-refractivity contribution < 1.29 is 13.5 Å². The number of rotatable bonds is 3. The minimum absolute atomic E-state index is 0.114. The van der Waals surface area contributed by atoms with Crippen LogP contribution in [0.15, 0.2) is 42.5 Å². The summed E-state index contributed by atoms with van der Waals surface area (Å²) in [4.78, 5) is 0. The molecule has 90 valence electrons. The SMILES string of the molecule is N#Cc1ccccc1OCc1cccc(F)c1F. The summed E-state index contributed by atoms with van der Waals surface area (Å²) < 4.78 is 31.7. The van der Waals surface area contributed by atoms with Gasteiger partial charge in [0.15, 0.2) is 11.6 Å². The molecule has 0 aliphatic rings. The molecule has 2 aromatic carbocycles. The summed E-state index contributed by atoms with van der Waals surface area (Å²) in [6, 6.07) is 12.5. The fourth-order valence-corrected chi connectivity index (χ4v) is 1.50. The van der Waals surface area contributed by atoms with Crippen molar-refractivity contribution in [1.82, 2.24) is 0 Å². The third kappa shape index (κ3) is 2.46. The summed E-state index contributed by atoms with van der Waals surface area (Å²) in [5.74, 6) is -1.49. The van der Waals surface area contributed by atoms with Gasteiger partial charge in [-0.15, -0.1) is 0 Å². The minimum Gasteiger partial charge on any atom is -0.487 e. The highest BCUT2D eigenvalue weighted by molar-refractivity contribution is 5.42. The number of hydrogen-bond donors (Lipinski definition) is 0. The van der Waals surface area contributed by atoms with Crippen LogP contribution in [0.25, 0.3) is 0 Å². The zero-order valence-corrected chi connectivity index (χ0v) is 9.36. The first kappa shape index (κ1) is 12.1. The van der Waals surface area contributed by atoms with Crippen LogP contribution in [0.5, 0.6) is 5.75 Å². The monoisotopic (exact) mass is 245 g/mol. The summed E-state index contributed by atoms with van der Waals surface area (Å²) in [6.07, 6.45) is 0. The van der Waals surface area contributed by atoms with E-state index in [1.807, 2.05) is 6.07 Å². The molecule has 0 radical (unpaired) electrons. The van der Waals surface area contributed by atoms with Crippen LogP contribution in [0.4, 0.5) is 8.78 Å². The lowest BCUT2D eigenvalue weighted by molar-refractivity contribution is 0.296. The highest BCUT2D eigenvalue weighted by Gasteiger charge is 2.09. The van der Waals surface area contributed by atoms with Crippen LogP contribution in [-0.2, 0) is 6.61 Å². The van der Waals surface area contributed by atoms with Crippen molar-refractivity contribution in [2.75, 3.05) is 0 Å². The molecule has 2 rings (SSSR count). The Balaban J connectivity index is 2.17. The molecular formula is C14H9F2NO. The van der Waals surface area contributed by atoms with E-state index in [-0.39, 0.29) is 12.2 Å². The van der Waals surface area contributed by atoms with Gasteiger partial charge in [-0.3, -0.25) is 0 Å². The van der Waals surface area contributed by atoms with Crippen LogP contribution in [0.1, 0.15) is 11.1 Å². The molecule has 0 spiro atoms. The van der Waals surface area contributed by atoms with E-state index in [1.165, 1.54) is 12.1 Å². The maximum atomic E-state index is 13.4. The van der Waals surface area contributed by atoms with Crippen LogP contribution in [0.3, 0.4) is 0 Å². The van der Waals surface area contributed by atoms with Gasteiger partial charge in [0, 0.05) is 5.56 Å². The van der Waals surface area contributed by atoms with Crippen molar-refractivity contribution >= 4 is 0 Å². The summed E-state index contributed by atoms with van der Waals surface area (Å²) in [7, 11) is 0. The molecule has 0 unspecified atom stereocenters. The number of ether oxygens (including phenoxy) is 1. The molecule has 4 heteroatoms. The Labute approximate surface area is 103 Å². The van der Waals surface area contributed by atoms with Crippen LogP contribution < -0.4 is 4.74 Å². The second-order valence-electron chi connectivity index (χ2n) is 3.61. The van der Waals surface area contributed by atoms with E-state index in [0.717, 1.165) is 6.07 Å². The molecule has 2 nitrogen and oxygen atoms in total. The lowest BCUT2D eigenvalue weighted by atomic mass is 10.2. The van der Waals surface area contributed by atoms with E-state index in [0.29, 0.717) is 11.3 Å². The normalized spacial score (nSPS) is 9.83. The van der Waals surface area contributed by atoms with Gasteiger partial charge in [-0.2, -0.15) is 5.26 Å². The van der Waals surface area contributed by atoms with Crippen LogP contribution >= 0.6 is 0 Å². The van der Waals surface area contributed by atoms with Gasteiger partial charge in [0.1, 0.15) is 18.4 Å². The molecule has 0 saturated carbocycles. The lowest BCUT2D eigenvalue weighted by Crippen LogP contribution is -2.01. The molecule has 0 aliphatic carbocycles. The van der Waals surface area contributed by atoms with E-state index in [9.17, 15) is 8.78 Å². The maximum Gasteiger partial charge on any atom is 0.165 e. The van der Waals surface area contributed by atoms with Crippen molar-refractivity contribution in [3.8, 4) is 11.8 Å². The number of para-hydroxylation sites is 1. The quantitative estimate of drug-likeness (QED) is 0.830. The van der Waals surface area contributed by atoms with Crippen LogP contribution in [0.2, 0.25) is 0 Å². The van der Waals surface area contributed by atoms with Crippen LogP contribution in [0, 0.1) is 23.0 Å². The predicted octanol–water partition coefficient (Wildman–Crippen LogP) is 3.42. The highest BCUT2D eigenvalue weighted by Crippen LogP contribution is 2.19. The molecule has 18 heavy (non-hydrogen) atoms. The highest BCUT2D eigenvalue weighted by atomic mass is 19.2. The topological polar surface area (TPSA) is 33.0 Å². The fourth-order valence-electron chi connectivity index (χ4n) is 1.50. The zero-order chi connectivity index (χ0) is 13.0. The molecule has 0 saturated heterocycles. The van der Waals surface area contributed by atoms with Gasteiger partial charge >= 0.3 is 0 Å². The van der Waals surface area contributed by atoms with E-state index < -0.39 is 11.6 Å². The van der Waals surface area contributed by atoms with Gasteiger partial charge < -0.3 is 4.74 Å². The summed E-state index contributed by atoms with van der Waals surface area (Å²) >= 11 is 0. The van der Waals surface area contributed by atoms with E-state index in [1.54, 1.807) is 24.3 Å². The average Bonchev–Trinajstić information content (AvgIpc) is 2.41. The molecule has 0 bridgehead atoms. The van der Waals surface area contributed by atoms with Crippen molar-refractivity contribution in [1.29, 1.82) is 5.26 Å². The van der Waals surface area contributed by atoms with E-state index >= 15 is 0 Å². The summed E-state index contributed by atoms with van der Waals surface area (Å²) in [5.41, 5.74) is 0.469.